The zero-order chi connectivity index (χ0) is 19.7. The molecule has 0 bridgehead atoms. The van der Waals surface area contributed by atoms with Gasteiger partial charge in [0.15, 0.2) is 5.69 Å². The first kappa shape index (κ1) is 18.3. The number of likely N-dealkylation sites (tertiary alicyclic amines) is 1. The number of nitrogens with one attached hydrogen (secondary N) is 1. The van der Waals surface area contributed by atoms with Gasteiger partial charge in [0, 0.05) is 29.8 Å². The Labute approximate surface area is 158 Å². The van der Waals surface area contributed by atoms with Crippen molar-refractivity contribution in [2.45, 2.75) is 25.1 Å². The van der Waals surface area contributed by atoms with E-state index in [0.717, 1.165) is 23.2 Å². The second-order valence-corrected chi connectivity index (χ2v) is 6.60. The number of halogens is 3. The standard InChI is InChI=1S/C19H17F3N4O2/c20-19(21,22)16-7-8-23-18(25-16)28-12-4-3-9-26(11-12)17(27)14-10-24-15-6-2-1-5-13(14)15/h1-2,5-8,10,12,24H,3-4,9,11H2. The molecule has 1 atom stereocenters. The number of H-pyrrole nitrogens is 1. The predicted octanol–water partition coefficient (Wildman–Crippen LogP) is 3.66. The number of piperidine rings is 1. The van der Waals surface area contributed by atoms with Crippen molar-refractivity contribution in [3.8, 4) is 6.01 Å². The van der Waals surface area contributed by atoms with Gasteiger partial charge in [0.1, 0.15) is 6.10 Å². The minimum atomic E-state index is -4.56. The number of hydrogen-bond acceptors (Lipinski definition) is 4. The SMILES string of the molecule is O=C(c1c[nH]c2ccccc12)N1CCCC(Oc2nccc(C(F)(F)F)n2)C1. The lowest BCUT2D eigenvalue weighted by Crippen LogP contribution is -2.44. The second kappa shape index (κ2) is 7.14. The molecule has 1 saturated heterocycles. The van der Waals surface area contributed by atoms with Gasteiger partial charge in [-0.3, -0.25) is 4.79 Å². The highest BCUT2D eigenvalue weighted by molar-refractivity contribution is 6.06. The maximum Gasteiger partial charge on any atom is 0.433 e. The van der Waals surface area contributed by atoms with Crippen LogP contribution in [-0.4, -0.2) is 45.0 Å². The molecular weight excluding hydrogens is 373 g/mol. The smallest absolute Gasteiger partial charge is 0.433 e. The van der Waals surface area contributed by atoms with Gasteiger partial charge in [-0.2, -0.15) is 18.2 Å². The monoisotopic (exact) mass is 390 g/mol. The number of carbonyl (C=O) groups excluding carboxylic acids is 1. The number of alkyl halides is 3. The minimum absolute atomic E-state index is 0.143. The van der Waals surface area contributed by atoms with Gasteiger partial charge in [0.2, 0.25) is 0 Å². The average Bonchev–Trinajstić information content (AvgIpc) is 3.11. The fraction of sp³-hybridized carbons (Fsp3) is 0.316. The van der Waals surface area contributed by atoms with E-state index < -0.39 is 18.0 Å². The fourth-order valence-electron chi connectivity index (χ4n) is 3.34. The molecule has 2 aromatic heterocycles. The van der Waals surface area contributed by atoms with Crippen molar-refractivity contribution in [3.63, 3.8) is 0 Å². The van der Waals surface area contributed by atoms with Crippen LogP contribution >= 0.6 is 0 Å². The van der Waals surface area contributed by atoms with E-state index in [1.807, 2.05) is 24.3 Å². The summed E-state index contributed by atoms with van der Waals surface area (Å²) in [6, 6.07) is 7.96. The summed E-state index contributed by atoms with van der Waals surface area (Å²) in [4.78, 5) is 24.9. The van der Waals surface area contributed by atoms with Crippen LogP contribution in [0.2, 0.25) is 0 Å². The molecule has 4 rings (SSSR count). The van der Waals surface area contributed by atoms with E-state index in [-0.39, 0.29) is 18.5 Å². The molecule has 1 amide bonds. The van der Waals surface area contributed by atoms with Gasteiger partial charge in [-0.25, -0.2) is 4.98 Å². The molecule has 0 aliphatic carbocycles. The zero-order valence-corrected chi connectivity index (χ0v) is 14.7. The number of aromatic amines is 1. The topological polar surface area (TPSA) is 71.1 Å². The molecular formula is C19H17F3N4O2. The van der Waals surface area contributed by atoms with E-state index in [1.54, 1.807) is 11.1 Å². The summed E-state index contributed by atoms with van der Waals surface area (Å²) >= 11 is 0. The van der Waals surface area contributed by atoms with Crippen LogP contribution < -0.4 is 4.74 Å². The van der Waals surface area contributed by atoms with Crippen LogP contribution in [0.4, 0.5) is 13.2 Å². The van der Waals surface area contributed by atoms with Crippen molar-refractivity contribution < 1.29 is 22.7 Å². The van der Waals surface area contributed by atoms with Crippen LogP contribution in [0.1, 0.15) is 28.9 Å². The summed E-state index contributed by atoms with van der Waals surface area (Å²) in [7, 11) is 0. The van der Waals surface area contributed by atoms with Crippen molar-refractivity contribution in [2.75, 3.05) is 13.1 Å². The molecule has 9 heteroatoms. The second-order valence-electron chi connectivity index (χ2n) is 6.60. The number of nitrogens with zero attached hydrogens (tertiary/aromatic N) is 3. The van der Waals surface area contributed by atoms with Crippen molar-refractivity contribution in [1.82, 2.24) is 19.9 Å². The Morgan fingerprint density at radius 1 is 1.25 bits per heavy atom. The van der Waals surface area contributed by atoms with Crippen LogP contribution in [0.25, 0.3) is 10.9 Å². The molecule has 0 spiro atoms. The number of carbonyl (C=O) groups is 1. The van der Waals surface area contributed by atoms with E-state index in [9.17, 15) is 18.0 Å². The maximum atomic E-state index is 12.9. The van der Waals surface area contributed by atoms with E-state index >= 15 is 0 Å². The van der Waals surface area contributed by atoms with Crippen molar-refractivity contribution in [2.24, 2.45) is 0 Å². The zero-order valence-electron chi connectivity index (χ0n) is 14.7. The van der Waals surface area contributed by atoms with Gasteiger partial charge in [0.05, 0.1) is 12.1 Å². The Morgan fingerprint density at radius 3 is 2.89 bits per heavy atom. The first-order valence-corrected chi connectivity index (χ1v) is 8.84. The molecule has 0 radical (unpaired) electrons. The third-order valence-corrected chi connectivity index (χ3v) is 4.68. The Morgan fingerprint density at radius 2 is 2.07 bits per heavy atom. The van der Waals surface area contributed by atoms with Crippen molar-refractivity contribution >= 4 is 16.8 Å². The number of hydrogen-bond donors (Lipinski definition) is 1. The van der Waals surface area contributed by atoms with Crippen LogP contribution in [0.5, 0.6) is 6.01 Å². The summed E-state index contributed by atoms with van der Waals surface area (Å²) in [5, 5.41) is 0.830. The molecule has 6 nitrogen and oxygen atoms in total. The summed E-state index contributed by atoms with van der Waals surface area (Å²) in [6.45, 7) is 0.819. The van der Waals surface area contributed by atoms with Gasteiger partial charge in [0.25, 0.3) is 5.91 Å². The van der Waals surface area contributed by atoms with Crippen LogP contribution in [0.3, 0.4) is 0 Å². The molecule has 1 aromatic carbocycles. The van der Waals surface area contributed by atoms with E-state index in [1.165, 1.54) is 0 Å². The largest absolute Gasteiger partial charge is 0.458 e. The van der Waals surface area contributed by atoms with Crippen molar-refractivity contribution in [1.29, 1.82) is 0 Å². The lowest BCUT2D eigenvalue weighted by Gasteiger charge is -2.32. The fourth-order valence-corrected chi connectivity index (χ4v) is 3.34. The summed E-state index contributed by atoms with van der Waals surface area (Å²) < 4.78 is 43.9. The first-order valence-electron chi connectivity index (χ1n) is 8.84. The molecule has 1 aliphatic rings. The number of fused-ring (bicyclic) bond motifs is 1. The molecule has 1 unspecified atom stereocenters. The summed E-state index contributed by atoms with van der Waals surface area (Å²) in [5.74, 6) is -0.143. The summed E-state index contributed by atoms with van der Waals surface area (Å²) in [6.07, 6.45) is -1.05. The predicted molar refractivity (Wildman–Crippen MR) is 94.9 cm³/mol. The molecule has 146 valence electrons. The quantitative estimate of drug-likeness (QED) is 0.741. The van der Waals surface area contributed by atoms with Gasteiger partial charge in [-0.15, -0.1) is 0 Å². The maximum absolute atomic E-state index is 12.9. The molecule has 1 aliphatic heterocycles. The highest BCUT2D eigenvalue weighted by Crippen LogP contribution is 2.28. The number of rotatable bonds is 3. The van der Waals surface area contributed by atoms with Crippen LogP contribution in [0.15, 0.2) is 42.7 Å². The van der Waals surface area contributed by atoms with Gasteiger partial charge in [-0.1, -0.05) is 18.2 Å². The van der Waals surface area contributed by atoms with Gasteiger partial charge in [-0.05, 0) is 25.0 Å². The third-order valence-electron chi connectivity index (χ3n) is 4.68. The van der Waals surface area contributed by atoms with E-state index in [2.05, 4.69) is 15.0 Å². The lowest BCUT2D eigenvalue weighted by molar-refractivity contribution is -0.141. The lowest BCUT2D eigenvalue weighted by atomic mass is 10.1. The number of para-hydroxylation sites is 1. The third kappa shape index (κ3) is 3.64. The Kier molecular flexibility index (Phi) is 4.66. The number of ether oxygens (including phenoxy) is 1. The van der Waals surface area contributed by atoms with Gasteiger partial charge >= 0.3 is 12.2 Å². The number of aromatic nitrogens is 3. The number of benzene rings is 1. The van der Waals surface area contributed by atoms with Crippen LogP contribution in [-0.2, 0) is 6.18 Å². The first-order chi connectivity index (χ1) is 13.4. The van der Waals surface area contributed by atoms with E-state index in [4.69, 9.17) is 4.74 Å². The molecule has 28 heavy (non-hydrogen) atoms. The van der Waals surface area contributed by atoms with Crippen molar-refractivity contribution in [3.05, 3.63) is 54.0 Å². The van der Waals surface area contributed by atoms with Crippen LogP contribution in [0, 0.1) is 0 Å². The Bertz CT molecular complexity index is 1000. The Hall–Kier alpha value is -3.10. The molecule has 3 aromatic rings. The highest BCUT2D eigenvalue weighted by Gasteiger charge is 2.33. The normalized spacial score (nSPS) is 17.7. The molecule has 3 heterocycles. The summed E-state index contributed by atoms with van der Waals surface area (Å²) in [5.41, 5.74) is 0.375. The molecule has 0 saturated carbocycles. The Balaban J connectivity index is 1.48. The average molecular weight is 390 g/mol. The molecule has 1 fully saturated rings. The molecule has 1 N–H and O–H groups in total. The number of amides is 1. The highest BCUT2D eigenvalue weighted by atomic mass is 19.4. The van der Waals surface area contributed by atoms with Gasteiger partial charge < -0.3 is 14.6 Å². The van der Waals surface area contributed by atoms with E-state index in [0.29, 0.717) is 24.9 Å². The minimum Gasteiger partial charge on any atom is -0.458 e.